The molecule has 0 spiro atoms. The van der Waals surface area contributed by atoms with Crippen molar-refractivity contribution in [2.24, 2.45) is 17.8 Å². The van der Waals surface area contributed by atoms with Gasteiger partial charge in [-0.25, -0.2) is 0 Å². The maximum absolute atomic E-state index is 14.5. The van der Waals surface area contributed by atoms with Crippen LogP contribution in [-0.2, 0) is 24.1 Å². The average molecular weight is 662 g/mol. The number of benzene rings is 5. The Morgan fingerprint density at radius 2 is 1.19 bits per heavy atom. The van der Waals surface area contributed by atoms with Crippen LogP contribution in [0.15, 0.2) is 115 Å². The normalized spacial score (nSPS) is 24.6. The number of carbonyl (C=O) groups is 3. The van der Waals surface area contributed by atoms with E-state index in [9.17, 15) is 14.4 Å². The number of rotatable bonds is 6. The maximum Gasteiger partial charge on any atom is 0.247 e. The molecule has 6 nitrogen and oxygen atoms in total. The van der Waals surface area contributed by atoms with Crippen molar-refractivity contribution in [3.63, 3.8) is 0 Å². The van der Waals surface area contributed by atoms with E-state index in [4.69, 9.17) is 27.9 Å². The third-order valence-corrected chi connectivity index (χ3v) is 11.2. The van der Waals surface area contributed by atoms with E-state index >= 15 is 0 Å². The van der Waals surface area contributed by atoms with E-state index in [1.807, 2.05) is 105 Å². The molecule has 9 rings (SSSR count). The predicted molar refractivity (Wildman–Crippen MR) is 183 cm³/mol. The minimum Gasteiger partial charge on any atom is -0.457 e. The molecule has 47 heavy (non-hydrogen) atoms. The number of amides is 3. The molecular formula is C39H30Cl2N2O4. The molecule has 8 heteroatoms. The number of hydrogen-bond donors (Lipinski definition) is 1. The molecule has 1 N–H and O–H groups in total. The zero-order valence-electron chi connectivity index (χ0n) is 25.6. The largest absolute Gasteiger partial charge is 0.457 e. The smallest absolute Gasteiger partial charge is 0.247 e. The molecule has 2 bridgehead atoms. The Hall–Kier alpha value is -4.65. The van der Waals surface area contributed by atoms with E-state index in [0.29, 0.717) is 11.4 Å². The summed E-state index contributed by atoms with van der Waals surface area (Å²) in [6.45, 7) is 3.64. The van der Waals surface area contributed by atoms with Gasteiger partial charge in [0, 0.05) is 11.1 Å². The van der Waals surface area contributed by atoms with Crippen molar-refractivity contribution < 1.29 is 19.1 Å². The summed E-state index contributed by atoms with van der Waals surface area (Å²) < 4.78 is 6.16. The Morgan fingerprint density at radius 1 is 0.702 bits per heavy atom. The topological polar surface area (TPSA) is 75.7 Å². The van der Waals surface area contributed by atoms with Crippen LogP contribution in [-0.4, -0.2) is 28.7 Å². The first kappa shape index (κ1) is 29.7. The van der Waals surface area contributed by atoms with Crippen LogP contribution in [0, 0.1) is 17.8 Å². The molecule has 0 unspecified atom stereocenters. The second-order valence-electron chi connectivity index (χ2n) is 12.8. The fourth-order valence-corrected chi connectivity index (χ4v) is 9.01. The molecule has 3 amide bonds. The number of ether oxygens (including phenoxy) is 1. The standard InChI is InChI=1S/C39H30Cl2N2O4/c1-22(2)34(35(44)42-24-18-20-25(21-19-24)47-31-17-9-11-23-10-3-4-12-26(23)31)43-36(45)32-33(37(43)46)39(41)28-14-6-5-13-27(28)38(32,40)29-15-7-8-16-30(29)39/h3-22,32-34H,1-2H3,(H,42,44)/t32-,33+,34-,38?,39?/m0/s1. The van der Waals surface area contributed by atoms with Gasteiger partial charge in [0.2, 0.25) is 17.7 Å². The number of alkyl halides is 2. The second kappa shape index (κ2) is 10.7. The van der Waals surface area contributed by atoms with Crippen molar-refractivity contribution in [1.82, 2.24) is 4.90 Å². The quantitative estimate of drug-likeness (QED) is 0.147. The van der Waals surface area contributed by atoms with Gasteiger partial charge < -0.3 is 10.1 Å². The summed E-state index contributed by atoms with van der Waals surface area (Å²) in [6, 6.07) is 34.8. The van der Waals surface area contributed by atoms with Crippen LogP contribution in [0.1, 0.15) is 36.1 Å². The second-order valence-corrected chi connectivity index (χ2v) is 14.0. The summed E-state index contributed by atoms with van der Waals surface area (Å²) in [4.78, 5) is 41.5. The van der Waals surface area contributed by atoms with Gasteiger partial charge in [-0.3, -0.25) is 19.3 Å². The lowest BCUT2D eigenvalue weighted by molar-refractivity contribution is -0.148. The van der Waals surface area contributed by atoms with Gasteiger partial charge in [0.1, 0.15) is 27.3 Å². The summed E-state index contributed by atoms with van der Waals surface area (Å²) >= 11 is 15.1. The zero-order valence-corrected chi connectivity index (χ0v) is 27.1. The Balaban J connectivity index is 1.10. The van der Waals surface area contributed by atoms with Crippen molar-refractivity contribution in [2.45, 2.75) is 29.6 Å². The van der Waals surface area contributed by atoms with Gasteiger partial charge in [0.25, 0.3) is 0 Å². The number of imide groups is 1. The van der Waals surface area contributed by atoms with Gasteiger partial charge in [0.05, 0.1) is 11.8 Å². The maximum atomic E-state index is 14.5. The monoisotopic (exact) mass is 660 g/mol. The van der Waals surface area contributed by atoms with Crippen LogP contribution in [0.2, 0.25) is 0 Å². The number of nitrogens with one attached hydrogen (secondary N) is 1. The van der Waals surface area contributed by atoms with E-state index < -0.39 is 51.3 Å². The Labute approximate surface area is 282 Å². The van der Waals surface area contributed by atoms with E-state index in [1.54, 1.807) is 24.3 Å². The molecule has 1 heterocycles. The third kappa shape index (κ3) is 4.14. The minimum atomic E-state index is -1.31. The number of nitrogens with zero attached hydrogens (tertiary/aromatic N) is 1. The highest BCUT2D eigenvalue weighted by atomic mass is 35.5. The molecule has 0 radical (unpaired) electrons. The fraction of sp³-hybridized carbons (Fsp3) is 0.205. The molecule has 0 aromatic heterocycles. The van der Waals surface area contributed by atoms with Crippen LogP contribution in [0.5, 0.6) is 11.5 Å². The van der Waals surface area contributed by atoms with Crippen molar-refractivity contribution in [3.8, 4) is 11.5 Å². The van der Waals surface area contributed by atoms with Crippen molar-refractivity contribution >= 4 is 57.4 Å². The number of anilines is 1. The van der Waals surface area contributed by atoms with E-state index in [2.05, 4.69) is 5.32 Å². The van der Waals surface area contributed by atoms with Crippen LogP contribution in [0.4, 0.5) is 5.69 Å². The van der Waals surface area contributed by atoms with Gasteiger partial charge in [-0.2, -0.15) is 0 Å². The van der Waals surface area contributed by atoms with E-state index in [-0.39, 0.29) is 0 Å². The predicted octanol–water partition coefficient (Wildman–Crippen LogP) is 8.19. The number of fused-ring (bicyclic) bond motifs is 1. The van der Waals surface area contributed by atoms with Crippen LogP contribution in [0.3, 0.4) is 0 Å². The number of hydrogen-bond acceptors (Lipinski definition) is 4. The molecule has 1 fully saturated rings. The summed E-state index contributed by atoms with van der Waals surface area (Å²) in [6.07, 6.45) is 0. The first-order valence-corrected chi connectivity index (χ1v) is 16.4. The Morgan fingerprint density at radius 3 is 1.72 bits per heavy atom. The average Bonchev–Trinajstić information content (AvgIpc) is 3.35. The van der Waals surface area contributed by atoms with Gasteiger partial charge in [-0.05, 0) is 63.9 Å². The van der Waals surface area contributed by atoms with E-state index in [1.165, 1.54) is 0 Å². The van der Waals surface area contributed by atoms with Gasteiger partial charge in [0.15, 0.2) is 0 Å². The molecule has 0 saturated carbocycles. The lowest BCUT2D eigenvalue weighted by Crippen LogP contribution is -2.57. The Kier molecular flexibility index (Phi) is 6.76. The minimum absolute atomic E-state index is 0.392. The fourth-order valence-electron chi connectivity index (χ4n) is 7.92. The highest BCUT2D eigenvalue weighted by molar-refractivity contribution is 6.36. The van der Waals surface area contributed by atoms with Gasteiger partial charge in [-0.15, -0.1) is 23.2 Å². The molecule has 234 valence electrons. The SMILES string of the molecule is CC(C)[C@@H](C(=O)Nc1ccc(Oc2cccc3ccccc23)cc1)N1C(=O)[C@@H]2[C@H](C1=O)C1(Cl)c3ccccc3C2(Cl)c2ccccc21. The van der Waals surface area contributed by atoms with Crippen LogP contribution in [0.25, 0.3) is 10.8 Å². The lowest BCUT2D eigenvalue weighted by atomic mass is 9.54. The molecule has 1 aliphatic heterocycles. The molecule has 3 aliphatic carbocycles. The molecule has 5 aromatic rings. The number of halogens is 2. The lowest BCUT2D eigenvalue weighted by Gasteiger charge is -2.54. The van der Waals surface area contributed by atoms with Gasteiger partial charge >= 0.3 is 0 Å². The number of carbonyl (C=O) groups excluding carboxylic acids is 3. The highest BCUT2D eigenvalue weighted by Crippen LogP contribution is 2.69. The molecule has 3 atom stereocenters. The van der Waals surface area contributed by atoms with Crippen molar-refractivity contribution in [1.29, 1.82) is 0 Å². The zero-order chi connectivity index (χ0) is 32.7. The highest BCUT2D eigenvalue weighted by Gasteiger charge is 2.73. The van der Waals surface area contributed by atoms with Crippen LogP contribution < -0.4 is 10.1 Å². The van der Waals surface area contributed by atoms with E-state index in [0.717, 1.165) is 43.7 Å². The first-order chi connectivity index (χ1) is 22.7. The first-order valence-electron chi connectivity index (χ1n) is 15.7. The molecular weight excluding hydrogens is 631 g/mol. The van der Waals surface area contributed by atoms with Crippen molar-refractivity contribution in [2.75, 3.05) is 5.32 Å². The van der Waals surface area contributed by atoms with Crippen molar-refractivity contribution in [3.05, 3.63) is 138 Å². The molecule has 4 aliphatic rings. The number of likely N-dealkylation sites (tertiary alicyclic amines) is 1. The molecule has 5 aromatic carbocycles. The summed E-state index contributed by atoms with van der Waals surface area (Å²) in [7, 11) is 0. The molecule has 1 saturated heterocycles. The summed E-state index contributed by atoms with van der Waals surface area (Å²) in [5.74, 6) is -2.47. The van der Waals surface area contributed by atoms with Gasteiger partial charge in [-0.1, -0.05) is 98.8 Å². The summed E-state index contributed by atoms with van der Waals surface area (Å²) in [5, 5.41) is 4.99. The summed E-state index contributed by atoms with van der Waals surface area (Å²) in [5.41, 5.74) is 3.38. The van der Waals surface area contributed by atoms with Crippen LogP contribution >= 0.6 is 23.2 Å². The third-order valence-electron chi connectivity index (χ3n) is 9.90. The Bertz CT molecular complexity index is 1980.